The van der Waals surface area contributed by atoms with Crippen LogP contribution in [0.1, 0.15) is 16.8 Å². The number of pyridine rings is 1. The van der Waals surface area contributed by atoms with Gasteiger partial charge in [-0.1, -0.05) is 23.7 Å². The Morgan fingerprint density at radius 3 is 2.72 bits per heavy atom. The predicted octanol–water partition coefficient (Wildman–Crippen LogP) is 3.58. The molecule has 7 heteroatoms. The molecule has 1 aromatic carbocycles. The van der Waals surface area contributed by atoms with Crippen LogP contribution in [0, 0.1) is 6.92 Å². The maximum Gasteiger partial charge on any atom is 0.191 e. The third-order valence-corrected chi connectivity index (χ3v) is 4.06. The van der Waals surface area contributed by atoms with Crippen molar-refractivity contribution in [1.29, 1.82) is 0 Å². The highest BCUT2D eigenvalue weighted by Crippen LogP contribution is 2.22. The summed E-state index contributed by atoms with van der Waals surface area (Å²) in [5, 5.41) is 7.27. The predicted molar refractivity (Wildman–Crippen MR) is 114 cm³/mol. The molecule has 0 saturated carbocycles. The average molecular weight is 475 g/mol. The number of rotatable bonds is 6. The van der Waals surface area contributed by atoms with Gasteiger partial charge in [0.1, 0.15) is 5.75 Å². The first-order chi connectivity index (χ1) is 11.6. The molecular weight excluding hydrogens is 451 g/mol. The lowest BCUT2D eigenvalue weighted by molar-refractivity contribution is 0.414. The van der Waals surface area contributed by atoms with Crippen LogP contribution in [-0.2, 0) is 13.0 Å². The van der Waals surface area contributed by atoms with Crippen LogP contribution in [0.3, 0.4) is 0 Å². The molecule has 25 heavy (non-hydrogen) atoms. The van der Waals surface area contributed by atoms with Gasteiger partial charge < -0.3 is 15.4 Å². The van der Waals surface area contributed by atoms with Crippen LogP contribution in [0.4, 0.5) is 0 Å². The molecule has 0 spiro atoms. The minimum Gasteiger partial charge on any atom is -0.497 e. The second kappa shape index (κ2) is 11.1. The van der Waals surface area contributed by atoms with Gasteiger partial charge in [0.15, 0.2) is 5.96 Å². The maximum absolute atomic E-state index is 6.25. The fourth-order valence-corrected chi connectivity index (χ4v) is 2.53. The Morgan fingerprint density at radius 1 is 1.28 bits per heavy atom. The van der Waals surface area contributed by atoms with Crippen molar-refractivity contribution in [3.05, 3.63) is 58.4 Å². The van der Waals surface area contributed by atoms with Crippen molar-refractivity contribution in [3.63, 3.8) is 0 Å². The summed E-state index contributed by atoms with van der Waals surface area (Å²) in [6.45, 7) is 3.41. The number of ether oxygens (including phenoxy) is 1. The zero-order chi connectivity index (χ0) is 17.4. The zero-order valence-electron chi connectivity index (χ0n) is 14.7. The van der Waals surface area contributed by atoms with E-state index in [4.69, 9.17) is 16.3 Å². The van der Waals surface area contributed by atoms with Gasteiger partial charge in [-0.05, 0) is 42.7 Å². The monoisotopic (exact) mass is 474 g/mol. The first-order valence-corrected chi connectivity index (χ1v) is 8.19. The first kappa shape index (κ1) is 21.5. The normalized spacial score (nSPS) is 10.8. The Hall–Kier alpha value is -1.54. The smallest absolute Gasteiger partial charge is 0.191 e. The molecule has 0 radical (unpaired) electrons. The van der Waals surface area contributed by atoms with Crippen molar-refractivity contribution in [3.8, 4) is 5.75 Å². The molecule has 0 aliphatic rings. The molecule has 0 bridgehead atoms. The summed E-state index contributed by atoms with van der Waals surface area (Å²) in [6, 6.07) is 9.71. The standard InChI is InChI=1S/C18H23ClN4O.HI/c1-13-5-4-9-21-17(13)12-23-18(20-2)22-10-8-14-6-7-15(24-3)11-16(14)19;/h4-7,9,11H,8,10,12H2,1-3H3,(H2,20,22,23);1H. The number of nitrogens with one attached hydrogen (secondary N) is 2. The highest BCUT2D eigenvalue weighted by atomic mass is 127. The summed E-state index contributed by atoms with van der Waals surface area (Å²) >= 11 is 6.25. The summed E-state index contributed by atoms with van der Waals surface area (Å²) in [7, 11) is 3.38. The van der Waals surface area contributed by atoms with Gasteiger partial charge in [0.25, 0.3) is 0 Å². The van der Waals surface area contributed by atoms with Crippen molar-refractivity contribution in [2.75, 3.05) is 20.7 Å². The molecule has 2 aromatic rings. The Kier molecular flexibility index (Phi) is 9.59. The number of nitrogens with zero attached hydrogens (tertiary/aromatic N) is 2. The van der Waals surface area contributed by atoms with E-state index in [-0.39, 0.29) is 24.0 Å². The van der Waals surface area contributed by atoms with Crippen LogP contribution in [0.25, 0.3) is 0 Å². The van der Waals surface area contributed by atoms with E-state index in [1.807, 2.05) is 37.3 Å². The molecule has 1 heterocycles. The van der Waals surface area contributed by atoms with E-state index in [1.165, 1.54) is 0 Å². The third kappa shape index (κ3) is 6.70. The largest absolute Gasteiger partial charge is 0.497 e. The van der Waals surface area contributed by atoms with Crippen LogP contribution >= 0.6 is 35.6 Å². The van der Waals surface area contributed by atoms with Crippen molar-refractivity contribution >= 4 is 41.5 Å². The molecule has 0 saturated heterocycles. The van der Waals surface area contributed by atoms with Gasteiger partial charge >= 0.3 is 0 Å². The van der Waals surface area contributed by atoms with Gasteiger partial charge in [0.05, 0.1) is 19.3 Å². The minimum absolute atomic E-state index is 0. The van der Waals surface area contributed by atoms with E-state index in [0.717, 1.165) is 41.5 Å². The summed E-state index contributed by atoms with van der Waals surface area (Å²) in [5.74, 6) is 1.50. The highest BCUT2D eigenvalue weighted by Gasteiger charge is 2.04. The molecule has 0 fully saturated rings. The van der Waals surface area contributed by atoms with Crippen LogP contribution in [0.5, 0.6) is 5.75 Å². The van der Waals surface area contributed by atoms with E-state index < -0.39 is 0 Å². The zero-order valence-corrected chi connectivity index (χ0v) is 17.8. The number of aryl methyl sites for hydroxylation is 1. The molecule has 0 atom stereocenters. The SMILES string of the molecule is CN=C(NCCc1ccc(OC)cc1Cl)NCc1ncccc1C.I. The van der Waals surface area contributed by atoms with Crippen LogP contribution < -0.4 is 15.4 Å². The topological polar surface area (TPSA) is 58.5 Å². The summed E-state index contributed by atoms with van der Waals surface area (Å²) in [6.07, 6.45) is 2.60. The molecule has 1 aromatic heterocycles. The van der Waals surface area contributed by atoms with E-state index in [9.17, 15) is 0 Å². The molecular formula is C18H24ClIN4O. The molecule has 136 valence electrons. The van der Waals surface area contributed by atoms with Gasteiger partial charge in [-0.25, -0.2) is 0 Å². The number of aliphatic imine (C=N–C) groups is 1. The average Bonchev–Trinajstić information content (AvgIpc) is 2.60. The molecule has 0 unspecified atom stereocenters. The van der Waals surface area contributed by atoms with Gasteiger partial charge in [-0.2, -0.15) is 0 Å². The number of hydrogen-bond donors (Lipinski definition) is 2. The Morgan fingerprint density at radius 2 is 2.08 bits per heavy atom. The fraction of sp³-hybridized carbons (Fsp3) is 0.333. The number of hydrogen-bond acceptors (Lipinski definition) is 3. The van der Waals surface area contributed by atoms with E-state index in [0.29, 0.717) is 11.6 Å². The van der Waals surface area contributed by atoms with Gasteiger partial charge in [0, 0.05) is 24.8 Å². The Labute approximate surface area is 171 Å². The third-order valence-electron chi connectivity index (χ3n) is 3.71. The van der Waals surface area contributed by atoms with E-state index in [1.54, 1.807) is 20.4 Å². The molecule has 0 aliphatic carbocycles. The summed E-state index contributed by atoms with van der Waals surface area (Å²) in [5.41, 5.74) is 3.24. The minimum atomic E-state index is 0. The number of guanidine groups is 1. The summed E-state index contributed by atoms with van der Waals surface area (Å²) in [4.78, 5) is 8.59. The van der Waals surface area contributed by atoms with Crippen molar-refractivity contribution in [2.45, 2.75) is 19.9 Å². The number of benzene rings is 1. The maximum atomic E-state index is 6.25. The lowest BCUT2D eigenvalue weighted by Gasteiger charge is -2.13. The Balaban J connectivity index is 0.00000312. The summed E-state index contributed by atoms with van der Waals surface area (Å²) < 4.78 is 5.16. The molecule has 0 amide bonds. The lowest BCUT2D eigenvalue weighted by atomic mass is 10.1. The van der Waals surface area contributed by atoms with Crippen LogP contribution in [0.2, 0.25) is 5.02 Å². The fourth-order valence-electron chi connectivity index (χ4n) is 2.26. The molecule has 2 rings (SSSR count). The lowest BCUT2D eigenvalue weighted by Crippen LogP contribution is -2.38. The van der Waals surface area contributed by atoms with Gasteiger partial charge in [-0.3, -0.25) is 9.98 Å². The van der Waals surface area contributed by atoms with Crippen molar-refractivity contribution < 1.29 is 4.74 Å². The number of methoxy groups -OCH3 is 1. The quantitative estimate of drug-likeness (QED) is 0.382. The van der Waals surface area contributed by atoms with Gasteiger partial charge in [0.2, 0.25) is 0 Å². The number of halogens is 2. The first-order valence-electron chi connectivity index (χ1n) is 7.81. The van der Waals surface area contributed by atoms with Crippen molar-refractivity contribution in [2.24, 2.45) is 4.99 Å². The van der Waals surface area contributed by atoms with E-state index >= 15 is 0 Å². The molecule has 0 aliphatic heterocycles. The van der Waals surface area contributed by atoms with Crippen LogP contribution in [-0.4, -0.2) is 31.6 Å². The van der Waals surface area contributed by atoms with Crippen LogP contribution in [0.15, 0.2) is 41.5 Å². The van der Waals surface area contributed by atoms with E-state index in [2.05, 4.69) is 20.6 Å². The van der Waals surface area contributed by atoms with Crippen molar-refractivity contribution in [1.82, 2.24) is 15.6 Å². The van der Waals surface area contributed by atoms with Gasteiger partial charge in [-0.15, -0.1) is 24.0 Å². The number of aromatic nitrogens is 1. The highest BCUT2D eigenvalue weighted by molar-refractivity contribution is 14.0. The second-order valence-corrected chi connectivity index (χ2v) is 5.73. The molecule has 5 nitrogen and oxygen atoms in total. The molecule has 2 N–H and O–H groups in total. The Bertz CT molecular complexity index is 709. The second-order valence-electron chi connectivity index (χ2n) is 5.33.